The summed E-state index contributed by atoms with van der Waals surface area (Å²) in [6.45, 7) is 0.542. The second kappa shape index (κ2) is 9.52. The smallest absolute Gasteiger partial charge is 0.407 e. The SMILES string of the molecule is O=C(NCCC=Cc1ccc(C(F)F)c(F)c1)OCc1ccccc1. The van der Waals surface area contributed by atoms with E-state index in [-0.39, 0.29) is 6.61 Å². The molecule has 0 unspecified atom stereocenters. The largest absolute Gasteiger partial charge is 0.445 e. The van der Waals surface area contributed by atoms with Crippen molar-refractivity contribution in [2.24, 2.45) is 0 Å². The van der Waals surface area contributed by atoms with Crippen molar-refractivity contribution < 1.29 is 22.7 Å². The Kier molecular flexibility index (Phi) is 7.07. The number of carbonyl (C=O) groups excluding carboxylic acids is 1. The minimum absolute atomic E-state index is 0.193. The summed E-state index contributed by atoms with van der Waals surface area (Å²) < 4.78 is 43.4. The number of alkyl halides is 2. The highest BCUT2D eigenvalue weighted by Crippen LogP contribution is 2.23. The molecule has 0 aliphatic rings. The topological polar surface area (TPSA) is 38.3 Å². The van der Waals surface area contributed by atoms with E-state index in [1.54, 1.807) is 12.2 Å². The third-order valence-electron chi connectivity index (χ3n) is 3.36. The van der Waals surface area contributed by atoms with E-state index in [9.17, 15) is 18.0 Å². The van der Waals surface area contributed by atoms with Crippen molar-refractivity contribution in [1.82, 2.24) is 5.32 Å². The molecule has 1 amide bonds. The molecule has 0 spiro atoms. The third-order valence-corrected chi connectivity index (χ3v) is 3.36. The van der Waals surface area contributed by atoms with E-state index >= 15 is 0 Å². The van der Waals surface area contributed by atoms with Crippen LogP contribution in [-0.2, 0) is 11.3 Å². The Morgan fingerprint density at radius 2 is 1.92 bits per heavy atom. The van der Waals surface area contributed by atoms with Gasteiger partial charge in [-0.1, -0.05) is 48.6 Å². The molecule has 3 nitrogen and oxygen atoms in total. The summed E-state index contributed by atoms with van der Waals surface area (Å²) in [5.41, 5.74) is 0.764. The maximum atomic E-state index is 13.4. The van der Waals surface area contributed by atoms with Crippen LogP contribution in [0.2, 0.25) is 0 Å². The average molecular weight is 349 g/mol. The van der Waals surface area contributed by atoms with Crippen molar-refractivity contribution in [3.8, 4) is 0 Å². The predicted octanol–water partition coefficient (Wildman–Crippen LogP) is 5.09. The molecule has 0 heterocycles. The van der Waals surface area contributed by atoms with Gasteiger partial charge in [-0.15, -0.1) is 0 Å². The quantitative estimate of drug-likeness (QED) is 0.707. The van der Waals surface area contributed by atoms with Gasteiger partial charge in [0.2, 0.25) is 0 Å². The molecule has 0 aliphatic heterocycles. The van der Waals surface area contributed by atoms with E-state index < -0.39 is 23.9 Å². The Bertz CT molecular complexity index is 718. The van der Waals surface area contributed by atoms with Gasteiger partial charge < -0.3 is 10.1 Å². The third kappa shape index (κ3) is 6.33. The maximum Gasteiger partial charge on any atom is 0.407 e. The molecule has 0 atom stereocenters. The highest BCUT2D eigenvalue weighted by atomic mass is 19.3. The fourth-order valence-electron chi connectivity index (χ4n) is 2.08. The van der Waals surface area contributed by atoms with Gasteiger partial charge >= 0.3 is 6.09 Å². The maximum absolute atomic E-state index is 13.4. The van der Waals surface area contributed by atoms with E-state index in [0.717, 1.165) is 17.7 Å². The minimum atomic E-state index is -2.83. The van der Waals surface area contributed by atoms with Crippen LogP contribution in [0.5, 0.6) is 0 Å². The zero-order chi connectivity index (χ0) is 18.1. The summed E-state index contributed by atoms with van der Waals surface area (Å²) in [6, 6.07) is 12.9. The standard InChI is InChI=1S/C19H18F3NO2/c20-17-12-14(9-10-16(17)18(21)22)6-4-5-11-23-19(24)25-13-15-7-2-1-3-8-15/h1-4,6-10,12,18H,5,11,13H2,(H,23,24). The summed E-state index contributed by atoms with van der Waals surface area (Å²) >= 11 is 0. The lowest BCUT2D eigenvalue weighted by atomic mass is 10.1. The number of amides is 1. The van der Waals surface area contributed by atoms with E-state index in [4.69, 9.17) is 4.74 Å². The van der Waals surface area contributed by atoms with Crippen LogP contribution in [-0.4, -0.2) is 12.6 Å². The normalized spacial score (nSPS) is 11.0. The lowest BCUT2D eigenvalue weighted by molar-refractivity contribution is 0.140. The molecule has 0 radical (unpaired) electrons. The van der Waals surface area contributed by atoms with Gasteiger partial charge in [-0.3, -0.25) is 0 Å². The van der Waals surface area contributed by atoms with Crippen molar-refractivity contribution in [3.05, 3.63) is 77.1 Å². The number of alkyl carbamates (subject to hydrolysis) is 1. The second-order valence-corrected chi connectivity index (χ2v) is 5.26. The molecule has 1 N–H and O–H groups in total. The summed E-state index contributed by atoms with van der Waals surface area (Å²) in [5.74, 6) is -0.931. The van der Waals surface area contributed by atoms with Crippen LogP contribution in [0.4, 0.5) is 18.0 Å². The number of rotatable bonds is 7. The van der Waals surface area contributed by atoms with Crippen LogP contribution in [0.1, 0.15) is 29.5 Å². The molecule has 25 heavy (non-hydrogen) atoms. The first-order valence-corrected chi connectivity index (χ1v) is 7.75. The number of hydrogen-bond acceptors (Lipinski definition) is 2. The minimum Gasteiger partial charge on any atom is -0.445 e. The average Bonchev–Trinajstić information content (AvgIpc) is 2.60. The monoisotopic (exact) mass is 349 g/mol. The number of nitrogens with one attached hydrogen (secondary N) is 1. The van der Waals surface area contributed by atoms with Crippen LogP contribution in [0.25, 0.3) is 6.08 Å². The molecular formula is C19H18F3NO2. The molecule has 0 aromatic heterocycles. The number of carbonyl (C=O) groups is 1. The molecule has 0 aliphatic carbocycles. The number of halogens is 3. The Hall–Kier alpha value is -2.76. The van der Waals surface area contributed by atoms with Crippen LogP contribution in [0, 0.1) is 5.82 Å². The zero-order valence-corrected chi connectivity index (χ0v) is 13.4. The van der Waals surface area contributed by atoms with Gasteiger partial charge in [0.1, 0.15) is 12.4 Å². The highest BCUT2D eigenvalue weighted by molar-refractivity contribution is 5.67. The first kappa shape index (κ1) is 18.6. The van der Waals surface area contributed by atoms with Gasteiger partial charge in [-0.2, -0.15) is 0 Å². The molecule has 6 heteroatoms. The Morgan fingerprint density at radius 3 is 2.60 bits per heavy atom. The van der Waals surface area contributed by atoms with Gasteiger partial charge in [0.25, 0.3) is 6.43 Å². The first-order chi connectivity index (χ1) is 12.1. The van der Waals surface area contributed by atoms with Crippen LogP contribution >= 0.6 is 0 Å². The highest BCUT2D eigenvalue weighted by Gasteiger charge is 2.12. The molecule has 0 fully saturated rings. The van der Waals surface area contributed by atoms with Crippen molar-refractivity contribution >= 4 is 12.2 Å². The number of hydrogen-bond donors (Lipinski definition) is 1. The van der Waals surface area contributed by atoms with Gasteiger partial charge in [0.15, 0.2) is 0 Å². The Labute approximate surface area is 144 Å². The lowest BCUT2D eigenvalue weighted by Crippen LogP contribution is -2.24. The molecular weight excluding hydrogens is 331 g/mol. The van der Waals surface area contributed by atoms with Gasteiger partial charge in [-0.05, 0) is 29.7 Å². The van der Waals surface area contributed by atoms with Crippen molar-refractivity contribution in [2.45, 2.75) is 19.5 Å². The van der Waals surface area contributed by atoms with Crippen molar-refractivity contribution in [2.75, 3.05) is 6.54 Å². The second-order valence-electron chi connectivity index (χ2n) is 5.26. The molecule has 0 saturated heterocycles. The fourth-order valence-corrected chi connectivity index (χ4v) is 2.08. The number of ether oxygens (including phenoxy) is 1. The van der Waals surface area contributed by atoms with Crippen molar-refractivity contribution in [3.63, 3.8) is 0 Å². The van der Waals surface area contributed by atoms with E-state index in [1.165, 1.54) is 6.07 Å². The van der Waals surface area contributed by atoms with E-state index in [2.05, 4.69) is 5.32 Å². The molecule has 2 rings (SSSR count). The zero-order valence-electron chi connectivity index (χ0n) is 13.4. The van der Waals surface area contributed by atoms with Gasteiger partial charge in [0, 0.05) is 6.54 Å². The fraction of sp³-hybridized carbons (Fsp3) is 0.211. The molecule has 0 saturated carbocycles. The molecule has 0 bridgehead atoms. The first-order valence-electron chi connectivity index (χ1n) is 7.75. The molecule has 132 valence electrons. The van der Waals surface area contributed by atoms with E-state index in [1.807, 2.05) is 30.3 Å². The molecule has 2 aromatic rings. The Balaban J connectivity index is 1.69. The Morgan fingerprint density at radius 1 is 1.16 bits per heavy atom. The number of benzene rings is 2. The van der Waals surface area contributed by atoms with Crippen LogP contribution in [0.15, 0.2) is 54.6 Å². The van der Waals surface area contributed by atoms with E-state index in [0.29, 0.717) is 18.5 Å². The predicted molar refractivity (Wildman–Crippen MR) is 89.6 cm³/mol. The summed E-state index contributed by atoms with van der Waals surface area (Å²) in [5, 5.41) is 2.59. The van der Waals surface area contributed by atoms with Gasteiger partial charge in [0.05, 0.1) is 5.56 Å². The lowest BCUT2D eigenvalue weighted by Gasteiger charge is -2.06. The van der Waals surface area contributed by atoms with Crippen molar-refractivity contribution in [1.29, 1.82) is 0 Å². The summed E-state index contributed by atoms with van der Waals surface area (Å²) in [6.07, 6.45) is 0.469. The van der Waals surface area contributed by atoms with Crippen LogP contribution < -0.4 is 5.32 Å². The summed E-state index contributed by atoms with van der Waals surface area (Å²) in [4.78, 5) is 11.5. The van der Waals surface area contributed by atoms with Crippen LogP contribution in [0.3, 0.4) is 0 Å². The van der Waals surface area contributed by atoms with Gasteiger partial charge in [-0.25, -0.2) is 18.0 Å². The molecule has 2 aromatic carbocycles. The summed E-state index contributed by atoms with van der Waals surface area (Å²) in [7, 11) is 0.